The Bertz CT molecular complexity index is 1240. The van der Waals surface area contributed by atoms with E-state index >= 15 is 0 Å². The molecule has 0 aliphatic carbocycles. The third-order valence-electron chi connectivity index (χ3n) is 6.15. The maximum Gasteiger partial charge on any atom is 0.223 e. The summed E-state index contributed by atoms with van der Waals surface area (Å²) in [4.78, 5) is 24.5. The van der Waals surface area contributed by atoms with E-state index in [-0.39, 0.29) is 18.3 Å². The SMILES string of the molecule is CC(=O)N[C@@H]1[C@H](Oc2ccccc2C=CC(=O)c2ccccc2)O[C@@H]2CO[C@H](c3ccco3)O[C@@H]2[C@@H]1O. The maximum atomic E-state index is 12.5. The van der Waals surface area contributed by atoms with Crippen molar-refractivity contribution in [3.05, 3.63) is 96.0 Å². The van der Waals surface area contributed by atoms with E-state index in [4.69, 9.17) is 23.4 Å². The van der Waals surface area contributed by atoms with Crippen LogP contribution in [-0.2, 0) is 19.0 Å². The number of ketones is 1. The van der Waals surface area contributed by atoms with Crippen LogP contribution in [0.25, 0.3) is 6.08 Å². The van der Waals surface area contributed by atoms with Crippen molar-refractivity contribution in [1.82, 2.24) is 5.32 Å². The number of benzene rings is 2. The molecule has 9 heteroatoms. The molecule has 5 rings (SSSR count). The summed E-state index contributed by atoms with van der Waals surface area (Å²) in [6.07, 6.45) is 0.165. The molecule has 2 saturated heterocycles. The van der Waals surface area contributed by atoms with Crippen LogP contribution in [0, 0.1) is 0 Å². The zero-order chi connectivity index (χ0) is 25.8. The number of furan rings is 1. The van der Waals surface area contributed by atoms with Gasteiger partial charge < -0.3 is 33.8 Å². The fourth-order valence-electron chi connectivity index (χ4n) is 4.36. The number of nitrogens with one attached hydrogen (secondary N) is 1. The highest BCUT2D eigenvalue weighted by Crippen LogP contribution is 2.35. The Labute approximate surface area is 213 Å². The summed E-state index contributed by atoms with van der Waals surface area (Å²) in [5.74, 6) is 0.361. The lowest BCUT2D eigenvalue weighted by molar-refractivity contribution is -0.336. The van der Waals surface area contributed by atoms with Crippen LogP contribution in [0.4, 0.5) is 0 Å². The van der Waals surface area contributed by atoms with E-state index in [0.717, 1.165) is 0 Å². The lowest BCUT2D eigenvalue weighted by Crippen LogP contribution is -2.67. The molecule has 2 fully saturated rings. The number of hydrogen-bond donors (Lipinski definition) is 2. The predicted octanol–water partition coefficient (Wildman–Crippen LogP) is 3.26. The molecule has 192 valence electrons. The number of carbonyl (C=O) groups is 2. The Balaban J connectivity index is 1.35. The van der Waals surface area contributed by atoms with Crippen molar-refractivity contribution in [2.75, 3.05) is 6.61 Å². The zero-order valence-corrected chi connectivity index (χ0v) is 20.1. The number of fused-ring (bicyclic) bond motifs is 1. The van der Waals surface area contributed by atoms with Crippen LogP contribution >= 0.6 is 0 Å². The van der Waals surface area contributed by atoms with Gasteiger partial charge in [0.1, 0.15) is 30.1 Å². The summed E-state index contributed by atoms with van der Waals surface area (Å²) in [5, 5.41) is 13.9. The minimum atomic E-state index is -1.16. The van der Waals surface area contributed by atoms with Gasteiger partial charge in [-0.1, -0.05) is 48.5 Å². The van der Waals surface area contributed by atoms with Gasteiger partial charge >= 0.3 is 0 Å². The van der Waals surface area contributed by atoms with Crippen LogP contribution in [0.5, 0.6) is 5.75 Å². The summed E-state index contributed by atoms with van der Waals surface area (Å²) in [5.41, 5.74) is 1.19. The highest BCUT2D eigenvalue weighted by atomic mass is 16.8. The maximum absolute atomic E-state index is 12.5. The van der Waals surface area contributed by atoms with E-state index in [9.17, 15) is 14.7 Å². The monoisotopic (exact) mass is 505 g/mol. The van der Waals surface area contributed by atoms with E-state index in [1.807, 2.05) is 12.1 Å². The Morgan fingerprint density at radius 3 is 2.57 bits per heavy atom. The standard InChI is InChI=1S/C28H27NO8/c1-17(30)29-24-25(32)26-23(16-34-27(37-26)22-12-7-15-33-22)36-28(24)35-21-11-6-5-10-19(21)13-14-20(31)18-8-3-2-4-9-18/h2-15,23-28,32H,16H2,1H3,(H,29,30)/t23-,24+,25-,26+,27+,28-/m1/s1. The molecule has 37 heavy (non-hydrogen) atoms. The second kappa shape index (κ2) is 11.1. The second-order valence-corrected chi connectivity index (χ2v) is 8.76. The topological polar surface area (TPSA) is 116 Å². The molecule has 2 aromatic carbocycles. The van der Waals surface area contributed by atoms with Gasteiger partial charge in [-0.25, -0.2) is 0 Å². The number of aliphatic hydroxyl groups excluding tert-OH is 1. The number of aliphatic hydroxyl groups is 1. The van der Waals surface area contributed by atoms with E-state index in [1.54, 1.807) is 60.7 Å². The summed E-state index contributed by atoms with van der Waals surface area (Å²) < 4.78 is 29.3. The quantitative estimate of drug-likeness (QED) is 0.371. The number of carbonyl (C=O) groups excluding carboxylic acids is 2. The van der Waals surface area contributed by atoms with Crippen molar-refractivity contribution in [1.29, 1.82) is 0 Å². The molecule has 6 atom stereocenters. The smallest absolute Gasteiger partial charge is 0.223 e. The largest absolute Gasteiger partial charge is 0.464 e. The first kappa shape index (κ1) is 24.9. The summed E-state index contributed by atoms with van der Waals surface area (Å²) in [6, 6.07) is 18.5. The van der Waals surface area contributed by atoms with Crippen molar-refractivity contribution >= 4 is 17.8 Å². The molecule has 0 spiro atoms. The van der Waals surface area contributed by atoms with Crippen molar-refractivity contribution in [3.8, 4) is 5.75 Å². The number of amides is 1. The van der Waals surface area contributed by atoms with E-state index in [0.29, 0.717) is 22.6 Å². The van der Waals surface area contributed by atoms with Crippen LogP contribution in [0.2, 0.25) is 0 Å². The molecule has 0 bridgehead atoms. The first-order valence-electron chi connectivity index (χ1n) is 11.9. The van der Waals surface area contributed by atoms with Gasteiger partial charge in [-0.15, -0.1) is 0 Å². The third-order valence-corrected chi connectivity index (χ3v) is 6.15. The average molecular weight is 506 g/mol. The summed E-state index contributed by atoms with van der Waals surface area (Å²) in [6.45, 7) is 1.46. The van der Waals surface area contributed by atoms with Crippen LogP contribution in [-0.4, -0.2) is 54.0 Å². The predicted molar refractivity (Wildman–Crippen MR) is 131 cm³/mol. The van der Waals surface area contributed by atoms with Gasteiger partial charge in [0.15, 0.2) is 11.5 Å². The molecule has 1 amide bonds. The molecule has 3 aromatic rings. The molecular formula is C28H27NO8. The van der Waals surface area contributed by atoms with E-state index in [2.05, 4.69) is 5.32 Å². The molecule has 9 nitrogen and oxygen atoms in total. The highest BCUT2D eigenvalue weighted by Gasteiger charge is 2.51. The van der Waals surface area contributed by atoms with Crippen LogP contribution in [0.3, 0.4) is 0 Å². The summed E-state index contributed by atoms with van der Waals surface area (Å²) in [7, 11) is 0. The molecule has 2 N–H and O–H groups in total. The molecule has 2 aliphatic rings. The van der Waals surface area contributed by atoms with Crippen LogP contribution in [0.15, 0.2) is 83.5 Å². The molecule has 2 aliphatic heterocycles. The number of hydrogen-bond acceptors (Lipinski definition) is 8. The number of para-hydroxylation sites is 1. The molecule has 1 aromatic heterocycles. The molecule has 0 saturated carbocycles. The van der Waals surface area contributed by atoms with Crippen LogP contribution in [0.1, 0.15) is 34.9 Å². The minimum Gasteiger partial charge on any atom is -0.464 e. The fraction of sp³-hybridized carbons (Fsp3) is 0.286. The first-order chi connectivity index (χ1) is 18.0. The average Bonchev–Trinajstić information content (AvgIpc) is 3.45. The van der Waals surface area contributed by atoms with Gasteiger partial charge in [0, 0.05) is 18.1 Å². The van der Waals surface area contributed by atoms with Gasteiger partial charge in [0.2, 0.25) is 18.5 Å². The van der Waals surface area contributed by atoms with Gasteiger partial charge in [-0.3, -0.25) is 9.59 Å². The van der Waals surface area contributed by atoms with Gasteiger partial charge in [-0.2, -0.15) is 0 Å². The van der Waals surface area contributed by atoms with Crippen molar-refractivity contribution in [3.63, 3.8) is 0 Å². The third kappa shape index (κ3) is 5.65. The Hall–Kier alpha value is -3.76. The molecule has 0 unspecified atom stereocenters. The van der Waals surface area contributed by atoms with Crippen molar-refractivity contribution in [2.45, 2.75) is 43.9 Å². The van der Waals surface area contributed by atoms with Crippen molar-refractivity contribution in [2.24, 2.45) is 0 Å². The normalized spacial score (nSPS) is 27.4. The number of allylic oxidation sites excluding steroid dienone is 1. The van der Waals surface area contributed by atoms with Gasteiger partial charge in [0.05, 0.1) is 12.9 Å². The Kier molecular flexibility index (Phi) is 7.47. The fourth-order valence-corrected chi connectivity index (χ4v) is 4.36. The lowest BCUT2D eigenvalue weighted by atomic mass is 9.95. The Morgan fingerprint density at radius 1 is 1.03 bits per heavy atom. The molecule has 0 radical (unpaired) electrons. The number of ether oxygens (including phenoxy) is 4. The molecular weight excluding hydrogens is 478 g/mol. The van der Waals surface area contributed by atoms with E-state index < -0.39 is 36.9 Å². The minimum absolute atomic E-state index is 0.118. The van der Waals surface area contributed by atoms with Crippen LogP contribution < -0.4 is 10.1 Å². The van der Waals surface area contributed by atoms with Gasteiger partial charge in [-0.05, 0) is 30.4 Å². The summed E-state index contributed by atoms with van der Waals surface area (Å²) >= 11 is 0. The second-order valence-electron chi connectivity index (χ2n) is 8.76. The Morgan fingerprint density at radius 2 is 1.81 bits per heavy atom. The highest BCUT2D eigenvalue weighted by molar-refractivity contribution is 6.06. The lowest BCUT2D eigenvalue weighted by Gasteiger charge is -2.47. The van der Waals surface area contributed by atoms with E-state index in [1.165, 1.54) is 19.3 Å². The van der Waals surface area contributed by atoms with Crippen molar-refractivity contribution < 1.29 is 38.1 Å². The number of rotatable bonds is 7. The molecule has 3 heterocycles. The zero-order valence-electron chi connectivity index (χ0n) is 20.1. The first-order valence-corrected chi connectivity index (χ1v) is 11.9. The van der Waals surface area contributed by atoms with Gasteiger partial charge in [0.25, 0.3) is 0 Å².